The summed E-state index contributed by atoms with van der Waals surface area (Å²) in [6, 6.07) is 4.89. The Hall–Kier alpha value is -0.780. The van der Waals surface area contributed by atoms with Crippen molar-refractivity contribution in [2.75, 3.05) is 19.7 Å². The molecule has 0 unspecified atom stereocenters. The van der Waals surface area contributed by atoms with Crippen LogP contribution in [0.2, 0.25) is 0 Å². The van der Waals surface area contributed by atoms with Gasteiger partial charge in [0.15, 0.2) is 0 Å². The molecule has 4 nitrogen and oxygen atoms in total. The van der Waals surface area contributed by atoms with Crippen molar-refractivity contribution in [3.8, 4) is 5.75 Å². The Kier molecular flexibility index (Phi) is 4.71. The molecule has 1 saturated heterocycles. The largest absolute Gasteiger partial charge is 0.494 e. The molecule has 0 radical (unpaired) electrons. The fourth-order valence-electron chi connectivity index (χ4n) is 2.19. The minimum absolute atomic E-state index is 0.235. The minimum Gasteiger partial charge on any atom is -0.494 e. The highest BCUT2D eigenvalue weighted by atomic mass is 35.5. The van der Waals surface area contributed by atoms with Crippen LogP contribution in [-0.2, 0) is 15.9 Å². The summed E-state index contributed by atoms with van der Waals surface area (Å²) in [7, 11) is -3.38. The van der Waals surface area contributed by atoms with Crippen LogP contribution in [0.1, 0.15) is 25.3 Å². The molecule has 2 rings (SSSR count). The fraction of sp³-hybridized carbons (Fsp3) is 0.538. The van der Waals surface area contributed by atoms with Crippen LogP contribution in [0, 0.1) is 0 Å². The molecule has 0 bridgehead atoms. The summed E-state index contributed by atoms with van der Waals surface area (Å²) >= 11 is 5.86. The SMILES string of the molecule is CCOc1ccc(S(=O)(=O)N2CCCC2)cc1CCl. The number of alkyl halides is 1. The number of hydrogen-bond acceptors (Lipinski definition) is 3. The van der Waals surface area contributed by atoms with E-state index in [2.05, 4.69) is 0 Å². The van der Waals surface area contributed by atoms with Gasteiger partial charge in [-0.1, -0.05) is 0 Å². The Balaban J connectivity index is 2.34. The zero-order valence-corrected chi connectivity index (χ0v) is 12.5. The van der Waals surface area contributed by atoms with E-state index in [1.165, 1.54) is 4.31 Å². The molecular formula is C13H18ClNO3S. The molecule has 0 aliphatic carbocycles. The average Bonchev–Trinajstić information content (AvgIpc) is 2.94. The van der Waals surface area contributed by atoms with Crippen LogP contribution in [0.3, 0.4) is 0 Å². The average molecular weight is 304 g/mol. The normalized spacial score (nSPS) is 16.7. The van der Waals surface area contributed by atoms with E-state index in [0.717, 1.165) is 12.8 Å². The van der Waals surface area contributed by atoms with Crippen molar-refractivity contribution in [2.24, 2.45) is 0 Å². The summed E-state index contributed by atoms with van der Waals surface area (Å²) in [4.78, 5) is 0.300. The number of sulfonamides is 1. The second-order valence-corrected chi connectivity index (χ2v) is 6.65. The topological polar surface area (TPSA) is 46.6 Å². The summed E-state index contributed by atoms with van der Waals surface area (Å²) < 4.78 is 31.8. The lowest BCUT2D eigenvalue weighted by molar-refractivity contribution is 0.337. The van der Waals surface area contributed by atoms with E-state index in [-0.39, 0.29) is 5.88 Å². The van der Waals surface area contributed by atoms with Crippen molar-refractivity contribution in [3.05, 3.63) is 23.8 Å². The third kappa shape index (κ3) is 3.04. The van der Waals surface area contributed by atoms with Crippen LogP contribution in [-0.4, -0.2) is 32.4 Å². The smallest absolute Gasteiger partial charge is 0.243 e. The molecule has 0 atom stereocenters. The van der Waals surface area contributed by atoms with Gasteiger partial charge in [-0.15, -0.1) is 11.6 Å². The summed E-state index contributed by atoms with van der Waals surface area (Å²) in [5, 5.41) is 0. The number of halogens is 1. The molecule has 0 spiro atoms. The molecule has 1 fully saturated rings. The Morgan fingerprint density at radius 3 is 2.58 bits per heavy atom. The van der Waals surface area contributed by atoms with Crippen LogP contribution < -0.4 is 4.74 Å². The first-order valence-electron chi connectivity index (χ1n) is 6.41. The summed E-state index contributed by atoms with van der Waals surface area (Å²) in [6.07, 6.45) is 1.86. The molecule has 0 N–H and O–H groups in total. The lowest BCUT2D eigenvalue weighted by Crippen LogP contribution is -2.27. The second-order valence-electron chi connectivity index (χ2n) is 4.45. The van der Waals surface area contributed by atoms with Crippen LogP contribution in [0.5, 0.6) is 5.75 Å². The Labute approximate surface area is 119 Å². The highest BCUT2D eigenvalue weighted by Gasteiger charge is 2.27. The van der Waals surface area contributed by atoms with Crippen molar-refractivity contribution in [2.45, 2.75) is 30.5 Å². The molecule has 0 amide bonds. The van der Waals surface area contributed by atoms with Crippen LogP contribution in [0.4, 0.5) is 0 Å². The third-order valence-corrected chi connectivity index (χ3v) is 5.36. The number of hydrogen-bond donors (Lipinski definition) is 0. The molecule has 6 heteroatoms. The van der Waals surface area contributed by atoms with Gasteiger partial charge in [0, 0.05) is 18.7 Å². The van der Waals surface area contributed by atoms with E-state index < -0.39 is 10.0 Å². The number of ether oxygens (including phenoxy) is 1. The van der Waals surface area contributed by atoms with E-state index in [4.69, 9.17) is 16.3 Å². The lowest BCUT2D eigenvalue weighted by Gasteiger charge is -2.17. The number of benzene rings is 1. The monoisotopic (exact) mass is 303 g/mol. The zero-order chi connectivity index (χ0) is 13.9. The van der Waals surface area contributed by atoms with Gasteiger partial charge in [0.25, 0.3) is 0 Å². The zero-order valence-electron chi connectivity index (χ0n) is 10.9. The van der Waals surface area contributed by atoms with Gasteiger partial charge in [-0.25, -0.2) is 8.42 Å². The Morgan fingerprint density at radius 2 is 2.00 bits per heavy atom. The van der Waals surface area contributed by atoms with E-state index in [9.17, 15) is 8.42 Å². The highest BCUT2D eigenvalue weighted by Crippen LogP contribution is 2.27. The molecule has 0 saturated carbocycles. The van der Waals surface area contributed by atoms with E-state index >= 15 is 0 Å². The fourth-order valence-corrected chi connectivity index (χ4v) is 3.97. The predicted molar refractivity (Wildman–Crippen MR) is 75.2 cm³/mol. The van der Waals surface area contributed by atoms with Crippen LogP contribution in [0.15, 0.2) is 23.1 Å². The van der Waals surface area contributed by atoms with Crippen molar-refractivity contribution in [3.63, 3.8) is 0 Å². The summed E-state index contributed by atoms with van der Waals surface area (Å²) in [5.41, 5.74) is 0.712. The number of nitrogens with zero attached hydrogens (tertiary/aromatic N) is 1. The first kappa shape index (κ1) is 14.6. The first-order chi connectivity index (χ1) is 9.09. The maximum absolute atomic E-state index is 12.4. The van der Waals surface area contributed by atoms with Gasteiger partial charge in [0.1, 0.15) is 5.75 Å². The van der Waals surface area contributed by atoms with E-state index in [0.29, 0.717) is 35.9 Å². The van der Waals surface area contributed by atoms with Crippen molar-refractivity contribution in [1.29, 1.82) is 0 Å². The first-order valence-corrected chi connectivity index (χ1v) is 8.39. The molecule has 1 heterocycles. The van der Waals surface area contributed by atoms with Crippen molar-refractivity contribution >= 4 is 21.6 Å². The lowest BCUT2D eigenvalue weighted by atomic mass is 10.2. The summed E-state index contributed by atoms with van der Waals surface area (Å²) in [6.45, 7) is 3.62. The van der Waals surface area contributed by atoms with Gasteiger partial charge in [0.05, 0.1) is 17.4 Å². The molecule has 1 aliphatic heterocycles. The third-order valence-electron chi connectivity index (χ3n) is 3.18. The molecule has 19 heavy (non-hydrogen) atoms. The Bertz CT molecular complexity index is 539. The maximum atomic E-state index is 12.4. The highest BCUT2D eigenvalue weighted by molar-refractivity contribution is 7.89. The Morgan fingerprint density at radius 1 is 1.32 bits per heavy atom. The van der Waals surface area contributed by atoms with Gasteiger partial charge in [-0.3, -0.25) is 0 Å². The molecule has 1 aromatic rings. The van der Waals surface area contributed by atoms with Gasteiger partial charge < -0.3 is 4.74 Å². The standard InChI is InChI=1S/C13H18ClNO3S/c1-2-18-13-6-5-12(9-11(13)10-14)19(16,17)15-7-3-4-8-15/h5-6,9H,2-4,7-8,10H2,1H3. The van der Waals surface area contributed by atoms with Crippen molar-refractivity contribution in [1.82, 2.24) is 4.31 Å². The molecule has 1 aromatic carbocycles. The predicted octanol–water partition coefficient (Wildman–Crippen LogP) is 2.61. The summed E-state index contributed by atoms with van der Waals surface area (Å²) in [5.74, 6) is 0.886. The van der Waals surface area contributed by atoms with Gasteiger partial charge >= 0.3 is 0 Å². The van der Waals surface area contributed by atoms with Crippen LogP contribution >= 0.6 is 11.6 Å². The molecule has 1 aliphatic rings. The maximum Gasteiger partial charge on any atom is 0.243 e. The molecule has 0 aromatic heterocycles. The quantitative estimate of drug-likeness (QED) is 0.786. The second kappa shape index (κ2) is 6.11. The minimum atomic E-state index is -3.38. The van der Waals surface area contributed by atoms with Crippen molar-refractivity contribution < 1.29 is 13.2 Å². The van der Waals surface area contributed by atoms with Gasteiger partial charge in [-0.2, -0.15) is 4.31 Å². The van der Waals surface area contributed by atoms with E-state index in [1.54, 1.807) is 18.2 Å². The van der Waals surface area contributed by atoms with E-state index in [1.807, 2.05) is 6.92 Å². The van der Waals surface area contributed by atoms with Gasteiger partial charge in [0.2, 0.25) is 10.0 Å². The molecular weight excluding hydrogens is 286 g/mol. The van der Waals surface area contributed by atoms with Gasteiger partial charge in [-0.05, 0) is 38.0 Å². The van der Waals surface area contributed by atoms with Crippen LogP contribution in [0.25, 0.3) is 0 Å². The molecule has 106 valence electrons. The number of rotatable bonds is 5.